The maximum atomic E-state index is 5.91. The molecule has 0 bridgehead atoms. The monoisotopic (exact) mass is 306 g/mol. The van der Waals surface area contributed by atoms with Gasteiger partial charge in [0.1, 0.15) is 10.2 Å². The van der Waals surface area contributed by atoms with E-state index in [2.05, 4.69) is 11.6 Å². The number of aliphatic imine (C=N–C) groups is 1. The fourth-order valence-electron chi connectivity index (χ4n) is 0.957. The normalized spacial score (nSPS) is 12.1. The van der Waals surface area contributed by atoms with Crippen molar-refractivity contribution in [3.8, 4) is 0 Å². The Labute approximate surface area is 119 Å². The topological polar surface area (TPSA) is 38.4 Å². The van der Waals surface area contributed by atoms with Crippen molar-refractivity contribution < 1.29 is 0 Å². The highest BCUT2D eigenvalue weighted by molar-refractivity contribution is 8.14. The average Bonchev–Trinajstić information content (AvgIpc) is 2.23. The SMILES string of the molecule is C=C(Cl)/N=C(\C=C/N)Sc1ccc(Cl)c(Cl)c1. The maximum absolute atomic E-state index is 5.91. The average molecular weight is 308 g/mol. The van der Waals surface area contributed by atoms with Crippen molar-refractivity contribution in [2.75, 3.05) is 0 Å². The highest BCUT2D eigenvalue weighted by Gasteiger charge is 2.03. The quantitative estimate of drug-likeness (QED) is 0.381. The second-order valence-corrected chi connectivity index (χ2v) is 5.21. The summed E-state index contributed by atoms with van der Waals surface area (Å²) in [4.78, 5) is 4.91. The van der Waals surface area contributed by atoms with Gasteiger partial charge in [0, 0.05) is 4.90 Å². The molecule has 0 unspecified atom stereocenters. The number of nitrogens with zero attached hydrogens (tertiary/aromatic N) is 1. The first kappa shape index (κ1) is 14.5. The van der Waals surface area contributed by atoms with Crippen LogP contribution in [0.15, 0.2) is 52.1 Å². The lowest BCUT2D eigenvalue weighted by Crippen LogP contribution is -1.90. The third kappa shape index (κ3) is 5.04. The first-order valence-electron chi connectivity index (χ1n) is 4.47. The molecule has 0 saturated heterocycles. The smallest absolute Gasteiger partial charge is 0.123 e. The zero-order chi connectivity index (χ0) is 12.8. The maximum Gasteiger partial charge on any atom is 0.123 e. The zero-order valence-corrected chi connectivity index (χ0v) is 11.7. The van der Waals surface area contributed by atoms with Crippen molar-refractivity contribution in [2.24, 2.45) is 10.7 Å². The number of hydrogen-bond acceptors (Lipinski definition) is 3. The van der Waals surface area contributed by atoms with Crippen LogP contribution in [-0.2, 0) is 0 Å². The van der Waals surface area contributed by atoms with Crippen LogP contribution in [0.3, 0.4) is 0 Å². The minimum Gasteiger partial charge on any atom is -0.405 e. The van der Waals surface area contributed by atoms with Crippen LogP contribution in [0.5, 0.6) is 0 Å². The van der Waals surface area contributed by atoms with Gasteiger partial charge < -0.3 is 5.73 Å². The van der Waals surface area contributed by atoms with Gasteiger partial charge >= 0.3 is 0 Å². The summed E-state index contributed by atoms with van der Waals surface area (Å²) >= 11 is 18.7. The summed E-state index contributed by atoms with van der Waals surface area (Å²) in [5.41, 5.74) is 5.32. The Morgan fingerprint density at radius 1 is 1.35 bits per heavy atom. The molecule has 0 saturated carbocycles. The van der Waals surface area contributed by atoms with Gasteiger partial charge in [-0.05, 0) is 30.5 Å². The van der Waals surface area contributed by atoms with Gasteiger partial charge in [-0.1, -0.05) is 53.1 Å². The van der Waals surface area contributed by atoms with Gasteiger partial charge in [-0.3, -0.25) is 0 Å². The first-order valence-corrected chi connectivity index (χ1v) is 6.42. The Morgan fingerprint density at radius 3 is 2.59 bits per heavy atom. The number of halogens is 3. The van der Waals surface area contributed by atoms with Crippen LogP contribution in [0.4, 0.5) is 0 Å². The molecule has 0 spiro atoms. The molecule has 0 aromatic heterocycles. The number of nitrogens with two attached hydrogens (primary N) is 1. The van der Waals surface area contributed by atoms with Gasteiger partial charge in [0.05, 0.1) is 10.0 Å². The van der Waals surface area contributed by atoms with E-state index in [1.165, 1.54) is 18.0 Å². The molecule has 1 rings (SSSR count). The molecule has 0 heterocycles. The summed E-state index contributed by atoms with van der Waals surface area (Å²) < 4.78 is 0. The second-order valence-electron chi connectivity index (χ2n) is 2.86. The van der Waals surface area contributed by atoms with Crippen molar-refractivity contribution in [2.45, 2.75) is 4.90 Å². The number of thioether (sulfide) groups is 1. The molecule has 1 aromatic rings. The number of rotatable bonds is 3. The number of hydrogen-bond donors (Lipinski definition) is 1. The fraction of sp³-hybridized carbons (Fsp3) is 0. The van der Waals surface area contributed by atoms with Gasteiger partial charge in [0.25, 0.3) is 0 Å². The van der Waals surface area contributed by atoms with Crippen molar-refractivity contribution in [3.63, 3.8) is 0 Å². The molecule has 2 nitrogen and oxygen atoms in total. The number of benzene rings is 1. The molecule has 0 aliphatic heterocycles. The third-order valence-electron chi connectivity index (χ3n) is 1.58. The van der Waals surface area contributed by atoms with Gasteiger partial charge in [0.15, 0.2) is 0 Å². The minimum absolute atomic E-state index is 0.186. The van der Waals surface area contributed by atoms with Crippen LogP contribution in [0.25, 0.3) is 0 Å². The van der Waals surface area contributed by atoms with Crippen LogP contribution in [-0.4, -0.2) is 5.04 Å². The Balaban J connectivity index is 2.94. The predicted molar refractivity (Wildman–Crippen MR) is 78.1 cm³/mol. The molecule has 0 atom stereocenters. The Kier molecular flexibility index (Phi) is 5.92. The molecule has 17 heavy (non-hydrogen) atoms. The van der Waals surface area contributed by atoms with E-state index in [1.54, 1.807) is 18.2 Å². The van der Waals surface area contributed by atoms with E-state index in [9.17, 15) is 0 Å². The van der Waals surface area contributed by atoms with E-state index in [0.717, 1.165) is 4.90 Å². The van der Waals surface area contributed by atoms with E-state index in [0.29, 0.717) is 15.1 Å². The fourth-order valence-corrected chi connectivity index (χ4v) is 2.32. The van der Waals surface area contributed by atoms with E-state index >= 15 is 0 Å². The Morgan fingerprint density at radius 2 is 2.06 bits per heavy atom. The van der Waals surface area contributed by atoms with E-state index < -0.39 is 0 Å². The molecule has 0 aliphatic rings. The summed E-state index contributed by atoms with van der Waals surface area (Å²) in [6.07, 6.45) is 3.00. The molecular weight excluding hydrogens is 299 g/mol. The highest BCUT2D eigenvalue weighted by atomic mass is 35.5. The van der Waals surface area contributed by atoms with Gasteiger partial charge in [-0.25, -0.2) is 4.99 Å². The van der Waals surface area contributed by atoms with Crippen LogP contribution in [0.2, 0.25) is 10.0 Å². The van der Waals surface area contributed by atoms with Crippen LogP contribution in [0.1, 0.15) is 0 Å². The van der Waals surface area contributed by atoms with Gasteiger partial charge in [-0.15, -0.1) is 0 Å². The van der Waals surface area contributed by atoms with E-state index in [1.807, 2.05) is 6.07 Å². The van der Waals surface area contributed by atoms with Gasteiger partial charge in [0.2, 0.25) is 0 Å². The Hall–Kier alpha value is -0.610. The standard InChI is InChI=1S/C11H9Cl3N2S/c1-7(12)16-11(4-5-15)17-8-2-3-9(13)10(14)6-8/h2-6H,1,15H2/b5-4-,16-11+. The predicted octanol–water partition coefficient (Wildman–Crippen LogP) is 4.67. The molecule has 1 aromatic carbocycles. The van der Waals surface area contributed by atoms with Gasteiger partial charge in [-0.2, -0.15) is 0 Å². The molecular formula is C11H9Cl3N2S. The molecule has 0 amide bonds. The molecule has 0 radical (unpaired) electrons. The molecule has 0 fully saturated rings. The lowest BCUT2D eigenvalue weighted by molar-refractivity contribution is 1.47. The summed E-state index contributed by atoms with van der Waals surface area (Å²) in [7, 11) is 0. The molecule has 2 N–H and O–H groups in total. The molecule has 0 aliphatic carbocycles. The van der Waals surface area contributed by atoms with Crippen LogP contribution < -0.4 is 5.73 Å². The molecule has 6 heteroatoms. The lowest BCUT2D eigenvalue weighted by atomic mass is 10.4. The van der Waals surface area contributed by atoms with Crippen LogP contribution in [0, 0.1) is 0 Å². The summed E-state index contributed by atoms with van der Waals surface area (Å²) in [6, 6.07) is 5.28. The largest absolute Gasteiger partial charge is 0.405 e. The first-order chi connectivity index (χ1) is 8.02. The molecule has 90 valence electrons. The van der Waals surface area contributed by atoms with E-state index in [-0.39, 0.29) is 5.16 Å². The second kappa shape index (κ2) is 6.97. The van der Waals surface area contributed by atoms with Crippen molar-refractivity contribution in [1.82, 2.24) is 0 Å². The van der Waals surface area contributed by atoms with Crippen molar-refractivity contribution in [3.05, 3.63) is 52.3 Å². The van der Waals surface area contributed by atoms with Crippen LogP contribution >= 0.6 is 46.6 Å². The Bertz CT molecular complexity index is 484. The summed E-state index contributed by atoms with van der Waals surface area (Å²) in [6.45, 7) is 3.49. The lowest BCUT2D eigenvalue weighted by Gasteiger charge is -2.03. The van der Waals surface area contributed by atoms with Crippen molar-refractivity contribution >= 4 is 51.6 Å². The zero-order valence-electron chi connectivity index (χ0n) is 8.66. The van der Waals surface area contributed by atoms with Crippen molar-refractivity contribution in [1.29, 1.82) is 0 Å². The van der Waals surface area contributed by atoms with E-state index in [4.69, 9.17) is 40.5 Å². The summed E-state index contributed by atoms with van der Waals surface area (Å²) in [5, 5.41) is 1.79. The minimum atomic E-state index is 0.186. The third-order valence-corrected chi connectivity index (χ3v) is 3.33. The highest BCUT2D eigenvalue weighted by Crippen LogP contribution is 2.29. The summed E-state index contributed by atoms with van der Waals surface area (Å²) in [5.74, 6) is 0.